The minimum atomic E-state index is -5.18. The SMILES string of the molecule is FC(F)(F)Sc1cc(C(F)(F)F)cc(C(F)(F)F)c1I. The van der Waals surface area contributed by atoms with E-state index in [9.17, 15) is 39.5 Å². The monoisotopic (exact) mass is 440 g/mol. The fourth-order valence-corrected chi connectivity index (χ4v) is 2.75. The van der Waals surface area contributed by atoms with Crippen LogP contribution in [-0.2, 0) is 12.4 Å². The van der Waals surface area contributed by atoms with Crippen molar-refractivity contribution in [3.8, 4) is 0 Å². The Morgan fingerprint density at radius 3 is 1.65 bits per heavy atom. The Hall–Kier alpha value is -0.330. The molecule has 0 atom stereocenters. The summed E-state index contributed by atoms with van der Waals surface area (Å²) in [6, 6.07) is -0.155. The smallest absolute Gasteiger partial charge is 0.166 e. The van der Waals surface area contributed by atoms with E-state index in [1.165, 1.54) is 0 Å². The number of alkyl halides is 9. The van der Waals surface area contributed by atoms with Gasteiger partial charge in [-0.25, -0.2) is 0 Å². The topological polar surface area (TPSA) is 0 Å². The van der Waals surface area contributed by atoms with E-state index in [0.29, 0.717) is 0 Å². The van der Waals surface area contributed by atoms with Crippen LogP contribution in [0.15, 0.2) is 17.0 Å². The van der Waals surface area contributed by atoms with Gasteiger partial charge in [0.15, 0.2) is 0 Å². The minimum absolute atomic E-state index is 0.0508. The van der Waals surface area contributed by atoms with Gasteiger partial charge in [0.05, 0.1) is 11.1 Å². The zero-order chi connectivity index (χ0) is 15.9. The zero-order valence-electron chi connectivity index (χ0n) is 8.84. The quantitative estimate of drug-likeness (QED) is 0.296. The van der Waals surface area contributed by atoms with Gasteiger partial charge >= 0.3 is 17.9 Å². The molecule has 0 saturated heterocycles. The van der Waals surface area contributed by atoms with E-state index < -0.39 is 49.2 Å². The number of thioether (sulfide) groups is 1. The molecule has 0 amide bonds. The van der Waals surface area contributed by atoms with Crippen molar-refractivity contribution in [1.29, 1.82) is 0 Å². The van der Waals surface area contributed by atoms with E-state index in [1.54, 1.807) is 0 Å². The summed E-state index contributed by atoms with van der Waals surface area (Å²) in [7, 11) is 0. The van der Waals surface area contributed by atoms with Crippen LogP contribution in [0.25, 0.3) is 0 Å². The van der Waals surface area contributed by atoms with Crippen LogP contribution >= 0.6 is 34.4 Å². The largest absolute Gasteiger partial charge is 0.446 e. The molecule has 0 heterocycles. The minimum Gasteiger partial charge on any atom is -0.166 e. The van der Waals surface area contributed by atoms with Gasteiger partial charge in [0, 0.05) is 8.47 Å². The lowest BCUT2D eigenvalue weighted by atomic mass is 10.1. The highest BCUT2D eigenvalue weighted by molar-refractivity contribution is 14.1. The van der Waals surface area contributed by atoms with Crippen molar-refractivity contribution in [1.82, 2.24) is 0 Å². The summed E-state index contributed by atoms with van der Waals surface area (Å²) in [6.07, 6.45) is -10.4. The summed E-state index contributed by atoms with van der Waals surface area (Å²) in [5.74, 6) is 0. The molecule has 0 aliphatic carbocycles. The average Bonchev–Trinajstić information content (AvgIpc) is 2.15. The molecule has 0 bridgehead atoms. The summed E-state index contributed by atoms with van der Waals surface area (Å²) < 4.78 is 111. The second-order valence-corrected chi connectivity index (χ2v) is 5.56. The van der Waals surface area contributed by atoms with Crippen LogP contribution in [0.5, 0.6) is 0 Å². The van der Waals surface area contributed by atoms with E-state index in [2.05, 4.69) is 0 Å². The molecule has 0 radical (unpaired) electrons. The zero-order valence-corrected chi connectivity index (χ0v) is 11.8. The Morgan fingerprint density at radius 1 is 0.800 bits per heavy atom. The molecule has 0 N–H and O–H groups in total. The standard InChI is InChI=1S/C9H2F9IS/c10-7(11,12)3-1-4(8(13,14)15)6(19)5(2-3)20-9(16,17)18/h1-2H. The molecule has 1 aromatic carbocycles. The molecule has 11 heteroatoms. The van der Waals surface area contributed by atoms with Crippen LogP contribution < -0.4 is 0 Å². The van der Waals surface area contributed by atoms with E-state index in [-0.39, 0.29) is 12.1 Å². The molecule has 1 aromatic rings. The van der Waals surface area contributed by atoms with Crippen LogP contribution in [0.3, 0.4) is 0 Å². The first-order valence-corrected chi connectivity index (χ1v) is 6.35. The van der Waals surface area contributed by atoms with Crippen LogP contribution in [0.1, 0.15) is 11.1 Å². The normalized spacial score (nSPS) is 13.7. The summed E-state index contributed by atoms with van der Waals surface area (Å²) in [6.45, 7) is 0. The highest BCUT2D eigenvalue weighted by Crippen LogP contribution is 2.45. The summed E-state index contributed by atoms with van der Waals surface area (Å²) in [4.78, 5) is -1.14. The number of halogens is 10. The first-order valence-electron chi connectivity index (χ1n) is 4.45. The van der Waals surface area contributed by atoms with Crippen molar-refractivity contribution in [3.63, 3.8) is 0 Å². The van der Waals surface area contributed by atoms with Crippen molar-refractivity contribution in [2.45, 2.75) is 22.8 Å². The molecule has 1 rings (SSSR count). The molecule has 0 unspecified atom stereocenters. The second-order valence-electron chi connectivity index (χ2n) is 3.38. The van der Waals surface area contributed by atoms with Crippen LogP contribution in [0, 0.1) is 3.57 Å². The summed E-state index contributed by atoms with van der Waals surface area (Å²) >= 11 is -0.0767. The van der Waals surface area contributed by atoms with E-state index >= 15 is 0 Å². The Morgan fingerprint density at radius 2 is 1.30 bits per heavy atom. The predicted octanol–water partition coefficient (Wildman–Crippen LogP) is 5.94. The van der Waals surface area contributed by atoms with Crippen LogP contribution in [0.4, 0.5) is 39.5 Å². The Labute approximate surface area is 123 Å². The van der Waals surface area contributed by atoms with E-state index in [1.807, 2.05) is 0 Å². The maximum atomic E-state index is 12.6. The number of benzene rings is 1. The lowest BCUT2D eigenvalue weighted by Crippen LogP contribution is -2.14. The molecule has 0 aromatic heterocycles. The fraction of sp³-hybridized carbons (Fsp3) is 0.333. The number of hydrogen-bond donors (Lipinski definition) is 0. The molecule has 114 valence electrons. The maximum Gasteiger partial charge on any atom is 0.446 e. The van der Waals surface area contributed by atoms with Gasteiger partial charge in [-0.1, -0.05) is 0 Å². The molecule has 20 heavy (non-hydrogen) atoms. The van der Waals surface area contributed by atoms with Gasteiger partial charge in [0.1, 0.15) is 0 Å². The molecule has 0 fully saturated rings. The van der Waals surface area contributed by atoms with Crippen molar-refractivity contribution in [2.75, 3.05) is 0 Å². The Bertz CT molecular complexity index is 500. The van der Waals surface area contributed by atoms with E-state index in [0.717, 1.165) is 22.6 Å². The predicted molar refractivity (Wildman–Crippen MR) is 61.1 cm³/mol. The summed E-state index contributed by atoms with van der Waals surface area (Å²) in [5.41, 5.74) is -8.52. The van der Waals surface area contributed by atoms with Crippen LogP contribution in [-0.4, -0.2) is 5.51 Å². The molecular weight excluding hydrogens is 438 g/mol. The molecular formula is C9H2F9IS. The third-order valence-electron chi connectivity index (χ3n) is 1.90. The van der Waals surface area contributed by atoms with Gasteiger partial charge in [0.25, 0.3) is 0 Å². The lowest BCUT2D eigenvalue weighted by Gasteiger charge is -2.17. The summed E-state index contributed by atoms with van der Waals surface area (Å²) in [5, 5.41) is 0. The van der Waals surface area contributed by atoms with Crippen LogP contribution in [0.2, 0.25) is 0 Å². The third-order valence-corrected chi connectivity index (χ3v) is 4.20. The third kappa shape index (κ3) is 4.60. The number of hydrogen-bond acceptors (Lipinski definition) is 1. The maximum absolute atomic E-state index is 12.6. The van der Waals surface area contributed by atoms with Crippen molar-refractivity contribution < 1.29 is 39.5 Å². The molecule has 0 saturated carbocycles. The van der Waals surface area contributed by atoms with Gasteiger partial charge < -0.3 is 0 Å². The van der Waals surface area contributed by atoms with Gasteiger partial charge in [-0.05, 0) is 46.5 Å². The van der Waals surface area contributed by atoms with Gasteiger partial charge in [0.2, 0.25) is 0 Å². The first-order chi connectivity index (χ1) is 8.72. The molecule has 0 spiro atoms. The molecule has 0 nitrogen and oxygen atoms in total. The average molecular weight is 440 g/mol. The van der Waals surface area contributed by atoms with Gasteiger partial charge in [-0.3, -0.25) is 0 Å². The van der Waals surface area contributed by atoms with Gasteiger partial charge in [-0.2, -0.15) is 39.5 Å². The van der Waals surface area contributed by atoms with Gasteiger partial charge in [-0.15, -0.1) is 0 Å². The Balaban J connectivity index is 3.51. The van der Waals surface area contributed by atoms with Crippen molar-refractivity contribution in [3.05, 3.63) is 26.8 Å². The second kappa shape index (κ2) is 5.46. The first kappa shape index (κ1) is 17.7. The fourth-order valence-electron chi connectivity index (χ4n) is 1.17. The highest BCUT2D eigenvalue weighted by Gasteiger charge is 2.41. The lowest BCUT2D eigenvalue weighted by molar-refractivity contribution is -0.143. The number of rotatable bonds is 1. The van der Waals surface area contributed by atoms with Crippen molar-refractivity contribution >= 4 is 34.4 Å². The Kier molecular flexibility index (Phi) is 4.84. The van der Waals surface area contributed by atoms with Crippen molar-refractivity contribution in [2.24, 2.45) is 0 Å². The molecule has 0 aliphatic heterocycles. The van der Waals surface area contributed by atoms with E-state index in [4.69, 9.17) is 0 Å². The molecule has 0 aliphatic rings. The highest BCUT2D eigenvalue weighted by atomic mass is 127.